The minimum absolute atomic E-state index is 0.103. The fraction of sp³-hybridized carbons (Fsp3) is 0.316. The zero-order valence-corrected chi connectivity index (χ0v) is 15.6. The summed E-state index contributed by atoms with van der Waals surface area (Å²) in [6.07, 6.45) is 1.47. The second kappa shape index (κ2) is 7.03. The van der Waals surface area contributed by atoms with Gasteiger partial charge in [0.25, 0.3) is 11.5 Å². The molecule has 0 spiro atoms. The van der Waals surface area contributed by atoms with Crippen molar-refractivity contribution >= 4 is 33.4 Å². The molecule has 0 saturated carbocycles. The average molecular weight is 385 g/mol. The van der Waals surface area contributed by atoms with E-state index in [-0.39, 0.29) is 17.4 Å². The zero-order chi connectivity index (χ0) is 19.0. The molecule has 2 amide bonds. The third kappa shape index (κ3) is 3.16. The molecule has 1 fully saturated rings. The molecule has 3 aromatic rings. The molecule has 1 aliphatic heterocycles. The fourth-order valence-electron chi connectivity index (χ4n) is 3.29. The van der Waals surface area contributed by atoms with E-state index in [0.717, 1.165) is 4.70 Å². The van der Waals surface area contributed by atoms with Crippen LogP contribution in [0.4, 0.5) is 0 Å². The number of carbonyl (C=O) groups excluding carboxylic acids is 2. The van der Waals surface area contributed by atoms with Crippen LogP contribution in [-0.4, -0.2) is 51.7 Å². The first-order valence-electron chi connectivity index (χ1n) is 8.78. The molecule has 0 aliphatic carbocycles. The normalized spacial score (nSPS) is 15.9. The van der Waals surface area contributed by atoms with Crippen LogP contribution in [0.15, 0.2) is 51.9 Å². The molecule has 1 saturated heterocycles. The summed E-state index contributed by atoms with van der Waals surface area (Å²) in [6, 6.07) is 10.1. The number of amides is 2. The van der Waals surface area contributed by atoms with Gasteiger partial charge in [-0.3, -0.25) is 18.3 Å². The molecular formula is C19H19N3O4S. The number of fused-ring (bicyclic) bond motifs is 1. The zero-order valence-electron chi connectivity index (χ0n) is 14.8. The lowest BCUT2D eigenvalue weighted by molar-refractivity contribution is -0.135. The summed E-state index contributed by atoms with van der Waals surface area (Å²) in [4.78, 5) is 41.2. The molecule has 27 heavy (non-hydrogen) atoms. The molecule has 3 heterocycles. The topological polar surface area (TPSA) is 75.8 Å². The molecule has 2 aromatic heterocycles. The number of nitrogens with zero attached hydrogens (tertiary/aromatic N) is 3. The Morgan fingerprint density at radius 1 is 1.04 bits per heavy atom. The summed E-state index contributed by atoms with van der Waals surface area (Å²) in [5.74, 6) is 0.0367. The van der Waals surface area contributed by atoms with Gasteiger partial charge in [-0.1, -0.05) is 23.7 Å². The number of furan rings is 1. The van der Waals surface area contributed by atoms with Gasteiger partial charge < -0.3 is 14.2 Å². The number of benzene rings is 1. The molecule has 7 nitrogen and oxygen atoms in total. The third-order valence-electron chi connectivity index (χ3n) is 4.83. The summed E-state index contributed by atoms with van der Waals surface area (Å²) in [5.41, 5.74) is -0.136. The van der Waals surface area contributed by atoms with Crippen LogP contribution < -0.4 is 5.56 Å². The maximum absolute atomic E-state index is 12.9. The van der Waals surface area contributed by atoms with Crippen LogP contribution in [0, 0.1) is 0 Å². The first-order valence-corrected chi connectivity index (χ1v) is 9.55. The highest BCUT2D eigenvalue weighted by molar-refractivity contribution is 7.14. The molecule has 140 valence electrons. The Morgan fingerprint density at radius 3 is 2.41 bits per heavy atom. The number of aromatic nitrogens is 1. The average Bonchev–Trinajstić information content (AvgIpc) is 3.35. The van der Waals surface area contributed by atoms with Crippen LogP contribution in [0.2, 0.25) is 0 Å². The second-order valence-electron chi connectivity index (χ2n) is 6.49. The van der Waals surface area contributed by atoms with Gasteiger partial charge in [-0.2, -0.15) is 0 Å². The quantitative estimate of drug-likeness (QED) is 0.693. The molecule has 0 radical (unpaired) electrons. The molecule has 0 N–H and O–H groups in total. The second-order valence-corrected chi connectivity index (χ2v) is 7.50. The van der Waals surface area contributed by atoms with Gasteiger partial charge in [0.05, 0.1) is 16.3 Å². The van der Waals surface area contributed by atoms with Crippen molar-refractivity contribution in [3.05, 3.63) is 58.8 Å². The minimum Gasteiger partial charge on any atom is -0.459 e. The van der Waals surface area contributed by atoms with Gasteiger partial charge in [0.15, 0.2) is 5.76 Å². The van der Waals surface area contributed by atoms with E-state index in [1.165, 1.54) is 21.8 Å². The lowest BCUT2D eigenvalue weighted by Crippen LogP contribution is -2.52. The van der Waals surface area contributed by atoms with E-state index < -0.39 is 6.04 Å². The van der Waals surface area contributed by atoms with Crippen molar-refractivity contribution in [1.82, 2.24) is 13.8 Å². The van der Waals surface area contributed by atoms with Crippen LogP contribution in [-0.2, 0) is 4.79 Å². The molecule has 0 unspecified atom stereocenters. The van der Waals surface area contributed by atoms with Gasteiger partial charge in [-0.15, -0.1) is 0 Å². The summed E-state index contributed by atoms with van der Waals surface area (Å²) < 4.78 is 7.56. The maximum atomic E-state index is 12.9. The Kier molecular flexibility index (Phi) is 4.57. The first-order chi connectivity index (χ1) is 13.1. The summed E-state index contributed by atoms with van der Waals surface area (Å²) >= 11 is 1.31. The van der Waals surface area contributed by atoms with Crippen LogP contribution in [0.3, 0.4) is 0 Å². The molecule has 4 rings (SSSR count). The van der Waals surface area contributed by atoms with Crippen LogP contribution in [0.25, 0.3) is 10.1 Å². The van der Waals surface area contributed by atoms with E-state index >= 15 is 0 Å². The predicted molar refractivity (Wildman–Crippen MR) is 102 cm³/mol. The van der Waals surface area contributed by atoms with Crippen LogP contribution in [0.1, 0.15) is 23.5 Å². The summed E-state index contributed by atoms with van der Waals surface area (Å²) in [6.45, 7) is 3.52. The Hall–Kier alpha value is -2.87. The van der Waals surface area contributed by atoms with Crippen molar-refractivity contribution in [1.29, 1.82) is 0 Å². The molecule has 1 atom stereocenters. The van der Waals surface area contributed by atoms with Gasteiger partial charge >= 0.3 is 0 Å². The highest BCUT2D eigenvalue weighted by atomic mass is 32.1. The van der Waals surface area contributed by atoms with Gasteiger partial charge in [0.1, 0.15) is 6.04 Å². The number of piperazine rings is 1. The van der Waals surface area contributed by atoms with Crippen molar-refractivity contribution in [2.24, 2.45) is 0 Å². The van der Waals surface area contributed by atoms with Gasteiger partial charge in [0, 0.05) is 26.2 Å². The van der Waals surface area contributed by atoms with Crippen molar-refractivity contribution in [3.63, 3.8) is 0 Å². The maximum Gasteiger partial charge on any atom is 0.289 e. The van der Waals surface area contributed by atoms with E-state index in [1.807, 2.05) is 18.2 Å². The van der Waals surface area contributed by atoms with Crippen LogP contribution in [0.5, 0.6) is 0 Å². The van der Waals surface area contributed by atoms with E-state index in [0.29, 0.717) is 37.3 Å². The van der Waals surface area contributed by atoms with Gasteiger partial charge in [0.2, 0.25) is 5.91 Å². The number of hydrogen-bond donors (Lipinski definition) is 0. The molecular weight excluding hydrogens is 366 g/mol. The minimum atomic E-state index is -0.567. The smallest absolute Gasteiger partial charge is 0.289 e. The fourth-order valence-corrected chi connectivity index (χ4v) is 4.33. The number of hydrogen-bond acceptors (Lipinski definition) is 5. The Morgan fingerprint density at radius 2 is 1.74 bits per heavy atom. The molecule has 1 aliphatic rings. The Bertz CT molecular complexity index is 1030. The van der Waals surface area contributed by atoms with Crippen LogP contribution >= 0.6 is 11.5 Å². The summed E-state index contributed by atoms with van der Waals surface area (Å²) in [7, 11) is 0. The number of rotatable bonds is 3. The molecule has 1 aromatic carbocycles. The predicted octanol–water partition coefficient (Wildman–Crippen LogP) is 2.20. The largest absolute Gasteiger partial charge is 0.459 e. The monoisotopic (exact) mass is 385 g/mol. The van der Waals surface area contributed by atoms with E-state index in [9.17, 15) is 14.4 Å². The molecule has 8 heteroatoms. The van der Waals surface area contributed by atoms with Gasteiger partial charge in [-0.05, 0) is 31.2 Å². The standard InChI is InChI=1S/C19H19N3O4S/c1-13(22-18(24)14-5-2-3-7-16(14)27-22)17(23)20-8-10-21(11-9-20)19(25)15-6-4-12-26-15/h2-7,12-13H,8-11H2,1H3/t13-/m0/s1. The Balaban J connectivity index is 1.45. The van der Waals surface area contributed by atoms with Crippen molar-refractivity contribution in [2.75, 3.05) is 26.2 Å². The van der Waals surface area contributed by atoms with Crippen molar-refractivity contribution < 1.29 is 14.0 Å². The highest BCUT2D eigenvalue weighted by Crippen LogP contribution is 2.21. The van der Waals surface area contributed by atoms with Gasteiger partial charge in [-0.25, -0.2) is 0 Å². The molecule has 0 bridgehead atoms. The Labute approximate surface area is 159 Å². The third-order valence-corrected chi connectivity index (χ3v) is 6.07. The number of carbonyl (C=O) groups is 2. The van der Waals surface area contributed by atoms with E-state index in [1.54, 1.807) is 34.9 Å². The lowest BCUT2D eigenvalue weighted by Gasteiger charge is -2.35. The highest BCUT2D eigenvalue weighted by Gasteiger charge is 2.30. The first kappa shape index (κ1) is 17.5. The van der Waals surface area contributed by atoms with E-state index in [2.05, 4.69) is 0 Å². The van der Waals surface area contributed by atoms with Crippen molar-refractivity contribution in [2.45, 2.75) is 13.0 Å². The lowest BCUT2D eigenvalue weighted by atomic mass is 10.2. The SMILES string of the molecule is C[C@@H](C(=O)N1CCN(C(=O)c2ccco2)CC1)n1sc2ccccc2c1=O. The van der Waals surface area contributed by atoms with Crippen molar-refractivity contribution in [3.8, 4) is 0 Å². The summed E-state index contributed by atoms with van der Waals surface area (Å²) in [5, 5.41) is 0.635. The van der Waals surface area contributed by atoms with E-state index in [4.69, 9.17) is 4.42 Å².